The van der Waals surface area contributed by atoms with Gasteiger partial charge in [0.15, 0.2) is 0 Å². The first-order chi connectivity index (χ1) is 16.7. The van der Waals surface area contributed by atoms with Crippen molar-refractivity contribution in [2.75, 3.05) is 0 Å². The van der Waals surface area contributed by atoms with Gasteiger partial charge >= 0.3 is 5.97 Å². The number of unbranched alkanes of at least 4 members (excludes halogenated alkanes) is 13. The highest BCUT2D eigenvalue weighted by atomic mass is 16.5. The molecule has 0 N–H and O–H groups in total. The first-order valence-corrected chi connectivity index (χ1v) is 14.0. The summed E-state index contributed by atoms with van der Waals surface area (Å²) in [5, 5.41) is 0. The number of aromatic nitrogens is 1. The number of aryl methyl sites for hydroxylation is 1. The van der Waals surface area contributed by atoms with Gasteiger partial charge in [-0.15, -0.1) is 0 Å². The predicted octanol–water partition coefficient (Wildman–Crippen LogP) is 9.48. The lowest BCUT2D eigenvalue weighted by Gasteiger charge is -2.07. The van der Waals surface area contributed by atoms with Crippen LogP contribution >= 0.6 is 0 Å². The third-order valence-electron chi connectivity index (χ3n) is 6.51. The van der Waals surface area contributed by atoms with Crippen molar-refractivity contribution in [3.05, 3.63) is 48.2 Å². The fourth-order valence-corrected chi connectivity index (χ4v) is 4.31. The SMILES string of the molecule is CCCCCCCCCCCC(=O)Oc1ccc(-c2ccc(CCCCCCCC)cn2)cc1. The minimum Gasteiger partial charge on any atom is -0.427 e. The highest BCUT2D eigenvalue weighted by Crippen LogP contribution is 2.22. The second-order valence-electron chi connectivity index (χ2n) is 9.65. The molecule has 0 fully saturated rings. The van der Waals surface area contributed by atoms with E-state index in [1.165, 1.54) is 89.0 Å². The van der Waals surface area contributed by atoms with Crippen molar-refractivity contribution in [2.45, 2.75) is 123 Å². The molecule has 3 nitrogen and oxygen atoms in total. The van der Waals surface area contributed by atoms with Gasteiger partial charge in [0.2, 0.25) is 0 Å². The Morgan fingerprint density at radius 2 is 1.24 bits per heavy atom. The number of benzene rings is 1. The van der Waals surface area contributed by atoms with Gasteiger partial charge in [-0.2, -0.15) is 0 Å². The first kappa shape index (κ1) is 28.1. The van der Waals surface area contributed by atoms with Crippen LogP contribution in [-0.4, -0.2) is 11.0 Å². The van der Waals surface area contributed by atoms with Gasteiger partial charge in [-0.25, -0.2) is 0 Å². The maximum atomic E-state index is 12.1. The minimum absolute atomic E-state index is 0.132. The van der Waals surface area contributed by atoms with Crippen molar-refractivity contribution in [3.63, 3.8) is 0 Å². The van der Waals surface area contributed by atoms with E-state index in [1.54, 1.807) is 0 Å². The van der Waals surface area contributed by atoms with Crippen LogP contribution < -0.4 is 4.74 Å². The Bertz CT molecular complexity index is 767. The second-order valence-corrected chi connectivity index (χ2v) is 9.65. The Hall–Kier alpha value is -2.16. The molecule has 0 aliphatic heterocycles. The summed E-state index contributed by atoms with van der Waals surface area (Å²) in [7, 11) is 0. The zero-order valence-corrected chi connectivity index (χ0v) is 21.8. The van der Waals surface area contributed by atoms with Gasteiger partial charge in [0.1, 0.15) is 5.75 Å². The van der Waals surface area contributed by atoms with Gasteiger partial charge in [-0.3, -0.25) is 9.78 Å². The molecule has 0 unspecified atom stereocenters. The van der Waals surface area contributed by atoms with Crippen molar-refractivity contribution < 1.29 is 9.53 Å². The molecule has 2 aromatic rings. The highest BCUT2D eigenvalue weighted by Gasteiger charge is 2.06. The van der Waals surface area contributed by atoms with E-state index < -0.39 is 0 Å². The molecule has 0 saturated heterocycles. The Morgan fingerprint density at radius 3 is 1.79 bits per heavy atom. The van der Waals surface area contributed by atoms with Crippen LogP contribution in [-0.2, 0) is 11.2 Å². The summed E-state index contributed by atoms with van der Waals surface area (Å²) in [4.78, 5) is 16.8. The van der Waals surface area contributed by atoms with Crippen LogP contribution in [0.2, 0.25) is 0 Å². The van der Waals surface area contributed by atoms with Gasteiger partial charge in [0.25, 0.3) is 0 Å². The first-order valence-electron chi connectivity index (χ1n) is 14.0. The molecule has 3 heteroatoms. The lowest BCUT2D eigenvalue weighted by Crippen LogP contribution is -2.07. The fourth-order valence-electron chi connectivity index (χ4n) is 4.31. The number of esters is 1. The average molecular weight is 466 g/mol. The van der Waals surface area contributed by atoms with E-state index in [4.69, 9.17) is 4.74 Å². The van der Waals surface area contributed by atoms with Crippen LogP contribution in [0.5, 0.6) is 5.75 Å². The normalized spacial score (nSPS) is 11.0. The Labute approximate surface area is 208 Å². The van der Waals surface area contributed by atoms with E-state index >= 15 is 0 Å². The molecule has 1 aromatic carbocycles. The standard InChI is InChI=1S/C31H47NO2/c1-3-5-7-9-11-12-13-15-17-19-31(33)34-29-23-21-28(22-24-29)30-25-20-27(26-32-30)18-16-14-10-8-6-4-2/h20-26H,3-19H2,1-2H3. The Balaban J connectivity index is 1.63. The average Bonchev–Trinajstić information content (AvgIpc) is 2.86. The van der Waals surface area contributed by atoms with Crippen LogP contribution in [0.15, 0.2) is 42.6 Å². The number of hydrogen-bond acceptors (Lipinski definition) is 3. The molecular formula is C31H47NO2. The van der Waals surface area contributed by atoms with Crippen LogP contribution in [0.4, 0.5) is 0 Å². The maximum Gasteiger partial charge on any atom is 0.311 e. The van der Waals surface area contributed by atoms with Gasteiger partial charge in [0.05, 0.1) is 5.69 Å². The van der Waals surface area contributed by atoms with Gasteiger partial charge in [0, 0.05) is 18.2 Å². The largest absolute Gasteiger partial charge is 0.427 e. The van der Waals surface area contributed by atoms with Crippen molar-refractivity contribution in [1.82, 2.24) is 4.98 Å². The van der Waals surface area contributed by atoms with Crippen LogP contribution in [0.3, 0.4) is 0 Å². The van der Waals surface area contributed by atoms with E-state index in [-0.39, 0.29) is 5.97 Å². The molecule has 0 radical (unpaired) electrons. The third-order valence-corrected chi connectivity index (χ3v) is 6.51. The summed E-state index contributed by atoms with van der Waals surface area (Å²) in [5.41, 5.74) is 3.31. The molecule has 0 aliphatic rings. The Kier molecular flexibility index (Phi) is 15.0. The molecule has 0 saturated carbocycles. The molecule has 1 heterocycles. The summed E-state index contributed by atoms with van der Waals surface area (Å²) < 4.78 is 5.52. The third kappa shape index (κ3) is 12.3. The number of rotatable bonds is 19. The summed E-state index contributed by atoms with van der Waals surface area (Å²) in [6.45, 7) is 4.51. The molecule has 0 spiro atoms. The quantitative estimate of drug-likeness (QED) is 0.118. The molecule has 1 aromatic heterocycles. The van der Waals surface area contributed by atoms with Crippen LogP contribution in [0.25, 0.3) is 11.3 Å². The number of pyridine rings is 1. The molecule has 0 bridgehead atoms. The van der Waals surface area contributed by atoms with Crippen molar-refractivity contribution in [3.8, 4) is 17.0 Å². The van der Waals surface area contributed by atoms with E-state index in [2.05, 4.69) is 31.0 Å². The van der Waals surface area contributed by atoms with Crippen molar-refractivity contribution in [1.29, 1.82) is 0 Å². The molecular weight excluding hydrogens is 418 g/mol. The molecule has 188 valence electrons. The topological polar surface area (TPSA) is 39.2 Å². The van der Waals surface area contributed by atoms with Crippen LogP contribution in [0.1, 0.15) is 122 Å². The summed E-state index contributed by atoms with van der Waals surface area (Å²) in [6.07, 6.45) is 22.7. The van der Waals surface area contributed by atoms with Gasteiger partial charge in [-0.1, -0.05) is 103 Å². The zero-order valence-electron chi connectivity index (χ0n) is 21.8. The lowest BCUT2D eigenvalue weighted by molar-refractivity contribution is -0.134. The van der Waals surface area contributed by atoms with Crippen molar-refractivity contribution in [2.24, 2.45) is 0 Å². The molecule has 0 atom stereocenters. The fraction of sp³-hybridized carbons (Fsp3) is 0.613. The Morgan fingerprint density at radius 1 is 0.676 bits per heavy atom. The number of hydrogen-bond donors (Lipinski definition) is 0. The summed E-state index contributed by atoms with van der Waals surface area (Å²) >= 11 is 0. The number of carbonyl (C=O) groups excluding carboxylic acids is 1. The van der Waals surface area contributed by atoms with E-state index in [0.29, 0.717) is 12.2 Å². The number of carbonyl (C=O) groups is 1. The molecule has 0 aliphatic carbocycles. The second kappa shape index (κ2) is 18.2. The minimum atomic E-state index is -0.132. The van der Waals surface area contributed by atoms with Crippen molar-refractivity contribution >= 4 is 5.97 Å². The highest BCUT2D eigenvalue weighted by molar-refractivity contribution is 5.72. The number of nitrogens with zero attached hydrogens (tertiary/aromatic N) is 1. The van der Waals surface area contributed by atoms with Gasteiger partial charge in [-0.05, 0) is 55.2 Å². The number of ether oxygens (including phenoxy) is 1. The zero-order chi connectivity index (χ0) is 24.3. The molecule has 2 rings (SSSR count). The van der Waals surface area contributed by atoms with Gasteiger partial charge < -0.3 is 4.74 Å². The maximum absolute atomic E-state index is 12.1. The van der Waals surface area contributed by atoms with E-state index in [1.807, 2.05) is 30.5 Å². The predicted molar refractivity (Wildman–Crippen MR) is 144 cm³/mol. The van der Waals surface area contributed by atoms with Crippen LogP contribution in [0, 0.1) is 0 Å². The summed E-state index contributed by atoms with van der Waals surface area (Å²) in [6, 6.07) is 12.0. The van der Waals surface area contributed by atoms with E-state index in [0.717, 1.165) is 30.5 Å². The smallest absolute Gasteiger partial charge is 0.311 e. The molecule has 34 heavy (non-hydrogen) atoms. The molecule has 0 amide bonds. The lowest BCUT2D eigenvalue weighted by atomic mass is 10.1. The monoisotopic (exact) mass is 465 g/mol. The summed E-state index contributed by atoms with van der Waals surface area (Å²) in [5.74, 6) is 0.484. The van der Waals surface area contributed by atoms with E-state index in [9.17, 15) is 4.79 Å².